The minimum Gasteiger partial charge on any atom is -0.507 e. The number of rotatable bonds is 4. The molecule has 0 spiro atoms. The van der Waals surface area contributed by atoms with Gasteiger partial charge in [0.15, 0.2) is 5.76 Å². The number of benzene rings is 2. The van der Waals surface area contributed by atoms with Crippen molar-refractivity contribution >= 4 is 22.8 Å². The van der Waals surface area contributed by atoms with Gasteiger partial charge >= 0.3 is 0 Å². The summed E-state index contributed by atoms with van der Waals surface area (Å²) in [6.45, 7) is 7.80. The number of carbonyl (C=O) groups excluding carboxylic acids is 1. The van der Waals surface area contributed by atoms with Gasteiger partial charge in [-0.1, -0.05) is 25.1 Å². The number of phenolic OH excluding ortho intramolecular Hbond substituents is 1. The Labute approximate surface area is 182 Å². The number of Topliss-reactive ketones (excluding diaryl/α,β-unsaturated/α-hetero) is 1. The van der Waals surface area contributed by atoms with E-state index in [1.165, 1.54) is 6.42 Å². The van der Waals surface area contributed by atoms with Crippen molar-refractivity contribution in [3.8, 4) is 11.5 Å². The Balaban J connectivity index is 1.50. The maximum atomic E-state index is 13.1. The van der Waals surface area contributed by atoms with Crippen molar-refractivity contribution in [2.24, 2.45) is 5.92 Å². The van der Waals surface area contributed by atoms with Crippen LogP contribution in [0.2, 0.25) is 0 Å². The van der Waals surface area contributed by atoms with E-state index >= 15 is 0 Å². The van der Waals surface area contributed by atoms with E-state index in [-0.39, 0.29) is 11.5 Å². The second-order valence-electron chi connectivity index (χ2n) is 8.75. The van der Waals surface area contributed by atoms with E-state index in [1.807, 2.05) is 18.2 Å². The number of ether oxygens (including phenoxy) is 1. The fourth-order valence-corrected chi connectivity index (χ4v) is 4.90. The normalized spacial score (nSPS) is 20.4. The van der Waals surface area contributed by atoms with Crippen molar-refractivity contribution in [2.45, 2.75) is 39.8 Å². The molecule has 5 rings (SSSR count). The molecule has 1 unspecified atom stereocenters. The van der Waals surface area contributed by atoms with Crippen LogP contribution >= 0.6 is 0 Å². The first-order valence-electron chi connectivity index (χ1n) is 11.1. The van der Waals surface area contributed by atoms with E-state index < -0.39 is 0 Å². The largest absolute Gasteiger partial charge is 0.507 e. The number of para-hydroxylation sites is 1. The number of piperidine rings is 1. The Kier molecular flexibility index (Phi) is 5.06. The van der Waals surface area contributed by atoms with E-state index in [4.69, 9.17) is 4.74 Å². The van der Waals surface area contributed by atoms with E-state index in [9.17, 15) is 9.90 Å². The van der Waals surface area contributed by atoms with Gasteiger partial charge in [0.1, 0.15) is 11.5 Å². The lowest BCUT2D eigenvalue weighted by molar-refractivity contribution is 0.101. The molecule has 5 heteroatoms. The van der Waals surface area contributed by atoms with Crippen LogP contribution in [-0.4, -0.2) is 33.4 Å². The molecule has 0 radical (unpaired) electrons. The first-order valence-corrected chi connectivity index (χ1v) is 11.1. The van der Waals surface area contributed by atoms with Crippen molar-refractivity contribution in [3.63, 3.8) is 0 Å². The quantitative estimate of drug-likeness (QED) is 0.593. The summed E-state index contributed by atoms with van der Waals surface area (Å²) in [4.78, 5) is 15.5. The summed E-state index contributed by atoms with van der Waals surface area (Å²) in [6.07, 6.45) is 6.29. The summed E-state index contributed by atoms with van der Waals surface area (Å²) < 4.78 is 8.28. The molecular weight excluding hydrogens is 388 g/mol. The molecule has 3 aromatic rings. The fraction of sp³-hybridized carbons (Fsp3) is 0.346. The number of allylic oxidation sites excluding steroid dienone is 1. The van der Waals surface area contributed by atoms with Gasteiger partial charge < -0.3 is 14.4 Å². The molecule has 2 aliphatic rings. The Morgan fingerprint density at radius 3 is 2.87 bits per heavy atom. The van der Waals surface area contributed by atoms with Crippen LogP contribution in [0.3, 0.4) is 0 Å². The van der Waals surface area contributed by atoms with Crippen LogP contribution in [-0.2, 0) is 13.1 Å². The van der Waals surface area contributed by atoms with Crippen molar-refractivity contribution in [1.82, 2.24) is 9.47 Å². The number of carbonyl (C=O) groups is 1. The Bertz CT molecular complexity index is 1190. The molecule has 2 aromatic carbocycles. The standard InChI is InChI=1S/C26H28N2O3/c1-3-28-15-18(19-8-4-5-9-22(19)28)13-24-25(30)20-10-11-23(29)21(26(20)31-24)16-27-12-6-7-17(2)14-27/h4-5,8-11,13,15,17,29H,3,6-7,12,14,16H2,1-2H3/b24-13-. The van der Waals surface area contributed by atoms with Gasteiger partial charge in [0.25, 0.3) is 0 Å². The number of aromatic hydroxyl groups is 1. The number of likely N-dealkylation sites (tertiary alicyclic amines) is 1. The number of hydrogen-bond donors (Lipinski definition) is 1. The van der Waals surface area contributed by atoms with E-state index in [0.29, 0.717) is 35.1 Å². The summed E-state index contributed by atoms with van der Waals surface area (Å²) in [5, 5.41) is 11.7. The molecule has 1 aromatic heterocycles. The molecule has 0 aliphatic carbocycles. The third-order valence-corrected chi connectivity index (χ3v) is 6.49. The minimum absolute atomic E-state index is 0.128. The van der Waals surface area contributed by atoms with Crippen molar-refractivity contribution in [3.05, 3.63) is 65.0 Å². The van der Waals surface area contributed by atoms with Gasteiger partial charge in [-0.3, -0.25) is 9.69 Å². The number of aryl methyl sites for hydroxylation is 1. The van der Waals surface area contributed by atoms with Gasteiger partial charge in [-0.05, 0) is 56.5 Å². The van der Waals surface area contributed by atoms with Crippen LogP contribution in [0.5, 0.6) is 11.5 Å². The third-order valence-electron chi connectivity index (χ3n) is 6.49. The topological polar surface area (TPSA) is 54.7 Å². The maximum Gasteiger partial charge on any atom is 0.231 e. The van der Waals surface area contributed by atoms with Crippen LogP contribution in [0.4, 0.5) is 0 Å². The molecular formula is C26H28N2O3. The van der Waals surface area contributed by atoms with E-state index in [2.05, 4.69) is 41.6 Å². The van der Waals surface area contributed by atoms with Gasteiger partial charge in [-0.15, -0.1) is 0 Å². The highest BCUT2D eigenvalue weighted by Crippen LogP contribution is 2.41. The van der Waals surface area contributed by atoms with Gasteiger partial charge in [-0.25, -0.2) is 0 Å². The monoisotopic (exact) mass is 416 g/mol. The number of nitrogens with zero attached hydrogens (tertiary/aromatic N) is 2. The highest BCUT2D eigenvalue weighted by atomic mass is 16.5. The predicted octanol–water partition coefficient (Wildman–Crippen LogP) is 5.21. The molecule has 0 saturated carbocycles. The molecule has 1 atom stereocenters. The van der Waals surface area contributed by atoms with E-state index in [0.717, 1.165) is 42.5 Å². The summed E-state index contributed by atoms with van der Waals surface area (Å²) in [5.74, 6) is 1.52. The van der Waals surface area contributed by atoms with Gasteiger partial charge in [0.2, 0.25) is 5.78 Å². The SMILES string of the molecule is CCn1cc(/C=C2\Oc3c(ccc(O)c3CN3CCCC(C)C3)C2=O)c2ccccc21. The van der Waals surface area contributed by atoms with Crippen LogP contribution in [0.15, 0.2) is 48.4 Å². The molecule has 160 valence electrons. The van der Waals surface area contributed by atoms with Crippen molar-refractivity contribution < 1.29 is 14.6 Å². The average Bonchev–Trinajstić information content (AvgIpc) is 3.28. The van der Waals surface area contributed by atoms with Gasteiger partial charge in [0, 0.05) is 42.3 Å². The maximum absolute atomic E-state index is 13.1. The summed E-state index contributed by atoms with van der Waals surface area (Å²) in [6, 6.07) is 11.5. The minimum atomic E-state index is -0.128. The first kappa shape index (κ1) is 19.9. The molecule has 1 fully saturated rings. The molecule has 0 bridgehead atoms. The molecule has 2 aliphatic heterocycles. The van der Waals surface area contributed by atoms with Crippen molar-refractivity contribution in [1.29, 1.82) is 0 Å². The van der Waals surface area contributed by atoms with Crippen LogP contribution < -0.4 is 4.74 Å². The van der Waals surface area contributed by atoms with Gasteiger partial charge in [-0.2, -0.15) is 0 Å². The van der Waals surface area contributed by atoms with Crippen molar-refractivity contribution in [2.75, 3.05) is 13.1 Å². The zero-order valence-electron chi connectivity index (χ0n) is 18.1. The van der Waals surface area contributed by atoms with Gasteiger partial charge in [0.05, 0.1) is 11.1 Å². The average molecular weight is 417 g/mol. The Morgan fingerprint density at radius 1 is 1.23 bits per heavy atom. The molecule has 1 saturated heterocycles. The first-order chi connectivity index (χ1) is 15.0. The lowest BCUT2D eigenvalue weighted by Crippen LogP contribution is -2.33. The van der Waals surface area contributed by atoms with Crippen LogP contribution in [0, 0.1) is 5.92 Å². The number of hydrogen-bond acceptors (Lipinski definition) is 4. The lowest BCUT2D eigenvalue weighted by Gasteiger charge is -2.31. The highest BCUT2D eigenvalue weighted by molar-refractivity contribution is 6.15. The fourth-order valence-electron chi connectivity index (χ4n) is 4.90. The number of fused-ring (bicyclic) bond motifs is 2. The second kappa shape index (κ2) is 7.89. The lowest BCUT2D eigenvalue weighted by atomic mass is 9.99. The van der Waals surface area contributed by atoms with Crippen LogP contribution in [0.25, 0.3) is 17.0 Å². The molecule has 1 N–H and O–H groups in total. The Morgan fingerprint density at radius 2 is 2.06 bits per heavy atom. The highest BCUT2D eigenvalue weighted by Gasteiger charge is 2.32. The zero-order chi connectivity index (χ0) is 21.5. The molecule has 5 nitrogen and oxygen atoms in total. The zero-order valence-corrected chi connectivity index (χ0v) is 18.1. The summed E-state index contributed by atoms with van der Waals surface area (Å²) in [7, 11) is 0. The number of aromatic nitrogens is 1. The second-order valence-corrected chi connectivity index (χ2v) is 8.75. The smallest absolute Gasteiger partial charge is 0.231 e. The molecule has 0 amide bonds. The Hall–Kier alpha value is -3.05. The number of ketones is 1. The number of phenols is 1. The summed E-state index contributed by atoms with van der Waals surface area (Å²) in [5.41, 5.74) is 3.34. The third kappa shape index (κ3) is 3.53. The predicted molar refractivity (Wildman–Crippen MR) is 122 cm³/mol. The summed E-state index contributed by atoms with van der Waals surface area (Å²) >= 11 is 0. The van der Waals surface area contributed by atoms with Crippen LogP contribution in [0.1, 0.15) is 48.2 Å². The molecule has 3 heterocycles. The van der Waals surface area contributed by atoms with E-state index in [1.54, 1.807) is 12.1 Å². The molecule has 31 heavy (non-hydrogen) atoms.